The number of nitrogens with zero attached hydrogens (tertiary/aromatic N) is 2. The predicted octanol–water partition coefficient (Wildman–Crippen LogP) is 3.35. The Morgan fingerprint density at radius 1 is 1.15 bits per heavy atom. The topological polar surface area (TPSA) is 94.3 Å². The van der Waals surface area contributed by atoms with E-state index in [2.05, 4.69) is 15.5 Å². The average Bonchev–Trinajstić information content (AvgIpc) is 3.17. The lowest BCUT2D eigenvalue weighted by Crippen LogP contribution is -2.30. The first-order valence-corrected chi connectivity index (χ1v) is 7.98. The second-order valence-corrected chi connectivity index (χ2v) is 5.65. The Morgan fingerprint density at radius 2 is 1.92 bits per heavy atom. The van der Waals surface area contributed by atoms with Gasteiger partial charge in [-0.1, -0.05) is 12.1 Å². The van der Waals surface area contributed by atoms with Crippen molar-refractivity contribution in [2.45, 2.75) is 20.0 Å². The van der Waals surface area contributed by atoms with E-state index in [1.165, 1.54) is 13.3 Å². The molecule has 0 saturated heterocycles. The predicted molar refractivity (Wildman–Crippen MR) is 94.9 cm³/mol. The lowest BCUT2D eigenvalue weighted by Gasteiger charge is -2.15. The van der Waals surface area contributed by atoms with Gasteiger partial charge in [0.25, 0.3) is 5.91 Å². The van der Waals surface area contributed by atoms with Crippen molar-refractivity contribution in [3.8, 4) is 17.2 Å². The molecule has 2 aromatic carbocycles. The number of hydrogen-bond acceptors (Lipinski definition) is 6. The number of benzene rings is 2. The molecule has 1 amide bonds. The van der Waals surface area contributed by atoms with Crippen LogP contribution in [0.1, 0.15) is 24.2 Å². The maximum atomic E-state index is 12.3. The number of anilines is 1. The van der Waals surface area contributed by atoms with E-state index in [0.29, 0.717) is 22.9 Å². The number of carbonyl (C=O) groups excluding carboxylic acids is 2. The molecule has 1 unspecified atom stereocenters. The molecule has 3 rings (SSSR count). The lowest BCUT2D eigenvalue weighted by atomic mass is 10.1. The number of nitrogens with one attached hydrogen (secondary N) is 1. The third-order valence-electron chi connectivity index (χ3n) is 3.68. The molecule has 1 heterocycles. The number of hydrogen-bond donors (Lipinski definition) is 1. The fourth-order valence-corrected chi connectivity index (χ4v) is 2.29. The largest absolute Gasteiger partial charge is 0.481 e. The molecule has 26 heavy (non-hydrogen) atoms. The van der Waals surface area contributed by atoms with Crippen LogP contribution in [-0.4, -0.2) is 28.0 Å². The SMILES string of the molecule is CC(=O)c1cccc(NC(=O)C(C)Oc2ccc(-c3nnco3)cc2)c1. The van der Waals surface area contributed by atoms with Crippen molar-refractivity contribution in [2.24, 2.45) is 0 Å². The maximum absolute atomic E-state index is 12.3. The van der Waals surface area contributed by atoms with E-state index in [9.17, 15) is 9.59 Å². The summed E-state index contributed by atoms with van der Waals surface area (Å²) in [5, 5.41) is 10.2. The average molecular weight is 351 g/mol. The minimum Gasteiger partial charge on any atom is -0.481 e. The molecule has 0 aliphatic carbocycles. The quantitative estimate of drug-likeness (QED) is 0.685. The Morgan fingerprint density at radius 3 is 2.58 bits per heavy atom. The highest BCUT2D eigenvalue weighted by Crippen LogP contribution is 2.21. The van der Waals surface area contributed by atoms with E-state index in [1.807, 2.05) is 0 Å². The van der Waals surface area contributed by atoms with Gasteiger partial charge in [0.15, 0.2) is 11.9 Å². The van der Waals surface area contributed by atoms with Crippen LogP contribution in [0.5, 0.6) is 5.75 Å². The third kappa shape index (κ3) is 4.13. The summed E-state index contributed by atoms with van der Waals surface area (Å²) in [6, 6.07) is 13.7. The number of Topliss-reactive ketones (excluding diaryl/α,β-unsaturated/α-hetero) is 1. The molecule has 0 aliphatic rings. The highest BCUT2D eigenvalue weighted by molar-refractivity contribution is 5.98. The Hall–Kier alpha value is -3.48. The Kier molecular flexibility index (Phi) is 5.07. The molecule has 0 aliphatic heterocycles. The van der Waals surface area contributed by atoms with Crippen LogP contribution in [0.15, 0.2) is 59.3 Å². The summed E-state index contributed by atoms with van der Waals surface area (Å²) in [5.41, 5.74) is 1.84. The summed E-state index contributed by atoms with van der Waals surface area (Å²) in [6.45, 7) is 3.13. The van der Waals surface area contributed by atoms with Crippen LogP contribution in [0, 0.1) is 0 Å². The molecule has 0 saturated carbocycles. The molecular formula is C19H17N3O4. The zero-order valence-corrected chi connectivity index (χ0v) is 14.3. The first-order valence-electron chi connectivity index (χ1n) is 7.98. The van der Waals surface area contributed by atoms with Crippen molar-refractivity contribution < 1.29 is 18.7 Å². The van der Waals surface area contributed by atoms with E-state index in [0.717, 1.165) is 5.56 Å². The number of ether oxygens (including phenoxy) is 1. The summed E-state index contributed by atoms with van der Waals surface area (Å²) in [5.74, 6) is 0.569. The van der Waals surface area contributed by atoms with E-state index < -0.39 is 6.10 Å². The summed E-state index contributed by atoms with van der Waals surface area (Å²) in [4.78, 5) is 23.7. The van der Waals surface area contributed by atoms with E-state index in [-0.39, 0.29) is 11.7 Å². The Bertz CT molecular complexity index is 905. The van der Waals surface area contributed by atoms with Gasteiger partial charge in [-0.25, -0.2) is 0 Å². The van der Waals surface area contributed by atoms with Gasteiger partial charge < -0.3 is 14.5 Å². The van der Waals surface area contributed by atoms with Crippen molar-refractivity contribution >= 4 is 17.4 Å². The third-order valence-corrected chi connectivity index (χ3v) is 3.68. The fourth-order valence-electron chi connectivity index (χ4n) is 2.29. The van der Waals surface area contributed by atoms with Gasteiger partial charge in [0, 0.05) is 16.8 Å². The molecule has 1 aromatic heterocycles. The molecule has 0 bridgehead atoms. The minimum absolute atomic E-state index is 0.0632. The van der Waals surface area contributed by atoms with Crippen molar-refractivity contribution in [1.82, 2.24) is 10.2 Å². The van der Waals surface area contributed by atoms with Gasteiger partial charge in [0.1, 0.15) is 5.75 Å². The van der Waals surface area contributed by atoms with Gasteiger partial charge in [0.05, 0.1) is 0 Å². The molecule has 1 atom stereocenters. The van der Waals surface area contributed by atoms with Crippen LogP contribution >= 0.6 is 0 Å². The van der Waals surface area contributed by atoms with E-state index in [4.69, 9.17) is 9.15 Å². The standard InChI is InChI=1S/C19H17N3O4/c1-12(23)15-4-3-5-16(10-15)21-18(24)13(2)26-17-8-6-14(7-9-17)19-22-20-11-25-19/h3-11,13H,1-2H3,(H,21,24). The van der Waals surface area contributed by atoms with Gasteiger partial charge >= 0.3 is 0 Å². The summed E-state index contributed by atoms with van der Waals surface area (Å²) >= 11 is 0. The van der Waals surface area contributed by atoms with Crippen LogP contribution in [0.25, 0.3) is 11.5 Å². The van der Waals surface area contributed by atoms with Crippen LogP contribution < -0.4 is 10.1 Å². The number of amides is 1. The summed E-state index contributed by atoms with van der Waals surface area (Å²) in [7, 11) is 0. The first kappa shape index (κ1) is 17.3. The second-order valence-electron chi connectivity index (χ2n) is 5.65. The van der Waals surface area contributed by atoms with Crippen molar-refractivity contribution in [3.63, 3.8) is 0 Å². The molecule has 7 heteroatoms. The monoisotopic (exact) mass is 351 g/mol. The highest BCUT2D eigenvalue weighted by atomic mass is 16.5. The molecule has 0 spiro atoms. The zero-order valence-electron chi connectivity index (χ0n) is 14.3. The second kappa shape index (κ2) is 7.60. The van der Waals surface area contributed by atoms with Crippen LogP contribution in [0.3, 0.4) is 0 Å². The molecule has 0 fully saturated rings. The zero-order chi connectivity index (χ0) is 18.5. The Labute approximate surface area is 150 Å². The summed E-state index contributed by atoms with van der Waals surface area (Å²) in [6.07, 6.45) is 0.540. The molecule has 0 radical (unpaired) electrons. The fraction of sp³-hybridized carbons (Fsp3) is 0.158. The van der Waals surface area contributed by atoms with Gasteiger partial charge in [-0.3, -0.25) is 9.59 Å². The van der Waals surface area contributed by atoms with Crippen molar-refractivity contribution in [3.05, 3.63) is 60.5 Å². The van der Waals surface area contributed by atoms with Crippen LogP contribution in [-0.2, 0) is 4.79 Å². The molecular weight excluding hydrogens is 334 g/mol. The smallest absolute Gasteiger partial charge is 0.265 e. The minimum atomic E-state index is -0.717. The van der Waals surface area contributed by atoms with Gasteiger partial charge in [-0.2, -0.15) is 0 Å². The van der Waals surface area contributed by atoms with Crippen LogP contribution in [0.2, 0.25) is 0 Å². The van der Waals surface area contributed by atoms with Crippen molar-refractivity contribution in [2.75, 3.05) is 5.32 Å². The molecule has 7 nitrogen and oxygen atoms in total. The summed E-state index contributed by atoms with van der Waals surface area (Å²) < 4.78 is 10.8. The van der Waals surface area contributed by atoms with Gasteiger partial charge in [-0.05, 0) is 50.2 Å². The number of rotatable bonds is 6. The van der Waals surface area contributed by atoms with Crippen molar-refractivity contribution in [1.29, 1.82) is 0 Å². The number of aromatic nitrogens is 2. The lowest BCUT2D eigenvalue weighted by molar-refractivity contribution is -0.122. The van der Waals surface area contributed by atoms with E-state index >= 15 is 0 Å². The number of ketones is 1. The Balaban J connectivity index is 1.62. The van der Waals surface area contributed by atoms with E-state index in [1.54, 1.807) is 55.5 Å². The molecule has 3 aromatic rings. The first-order chi connectivity index (χ1) is 12.5. The maximum Gasteiger partial charge on any atom is 0.265 e. The molecule has 132 valence electrons. The van der Waals surface area contributed by atoms with Crippen LogP contribution in [0.4, 0.5) is 5.69 Å². The molecule has 1 N–H and O–H groups in total. The highest BCUT2D eigenvalue weighted by Gasteiger charge is 2.15. The van der Waals surface area contributed by atoms with Gasteiger partial charge in [0.2, 0.25) is 12.3 Å². The van der Waals surface area contributed by atoms with Gasteiger partial charge in [-0.15, -0.1) is 10.2 Å². The normalized spacial score (nSPS) is 11.6. The number of carbonyl (C=O) groups is 2.